The third-order valence-electron chi connectivity index (χ3n) is 4.54. The maximum Gasteiger partial charge on any atom is 0.226 e. The van der Waals surface area contributed by atoms with Gasteiger partial charge in [-0.2, -0.15) is 0 Å². The molecule has 4 aromatic rings. The summed E-state index contributed by atoms with van der Waals surface area (Å²) in [5.41, 5.74) is 4.21. The lowest BCUT2D eigenvalue weighted by molar-refractivity contribution is 0.524. The molecule has 3 nitrogen and oxygen atoms in total. The minimum atomic E-state index is 0.663. The molecule has 0 aliphatic rings. The van der Waals surface area contributed by atoms with Gasteiger partial charge in [0.1, 0.15) is 12.0 Å². The van der Waals surface area contributed by atoms with E-state index in [0.717, 1.165) is 23.4 Å². The number of fused-ring (bicyclic) bond motifs is 1. The third kappa shape index (κ3) is 3.22. The van der Waals surface area contributed by atoms with Gasteiger partial charge in [-0.1, -0.05) is 44.2 Å². The van der Waals surface area contributed by atoms with E-state index < -0.39 is 0 Å². The fourth-order valence-corrected chi connectivity index (χ4v) is 3.07. The van der Waals surface area contributed by atoms with E-state index in [1.165, 1.54) is 17.3 Å². The van der Waals surface area contributed by atoms with Crippen molar-refractivity contribution in [3.8, 4) is 22.7 Å². The molecule has 0 amide bonds. The molecule has 0 spiro atoms. The third-order valence-corrected chi connectivity index (χ3v) is 4.54. The van der Waals surface area contributed by atoms with Crippen LogP contribution in [0.5, 0.6) is 0 Å². The first kappa shape index (κ1) is 15.7. The molecular weight excluding hydrogens is 308 g/mol. The highest BCUT2D eigenvalue weighted by Gasteiger charge is 2.10. The topological polar surface area (TPSA) is 31.0 Å². The number of oxazole rings is 1. The molecule has 0 fully saturated rings. The van der Waals surface area contributed by atoms with E-state index >= 15 is 0 Å². The van der Waals surface area contributed by atoms with Crippen LogP contribution in [0.25, 0.3) is 33.6 Å². The highest BCUT2D eigenvalue weighted by Crippen LogP contribution is 2.28. The Hall–Kier alpha value is -2.81. The summed E-state index contributed by atoms with van der Waals surface area (Å²) in [5.74, 6) is 1.37. The fraction of sp³-hybridized carbons (Fsp3) is 0.227. The van der Waals surface area contributed by atoms with Crippen molar-refractivity contribution in [2.24, 2.45) is 5.92 Å². The molecule has 25 heavy (non-hydrogen) atoms. The van der Waals surface area contributed by atoms with Crippen LogP contribution in [-0.2, 0) is 6.54 Å². The van der Waals surface area contributed by atoms with Crippen molar-refractivity contribution in [3.63, 3.8) is 0 Å². The average molecular weight is 330 g/mol. The van der Waals surface area contributed by atoms with Gasteiger partial charge in [-0.3, -0.25) is 0 Å². The predicted molar refractivity (Wildman–Crippen MR) is 102 cm³/mol. The lowest BCUT2D eigenvalue weighted by Gasteiger charge is -2.08. The van der Waals surface area contributed by atoms with Crippen LogP contribution in [0.4, 0.5) is 0 Å². The summed E-state index contributed by atoms with van der Waals surface area (Å²) in [4.78, 5) is 4.65. The van der Waals surface area contributed by atoms with Gasteiger partial charge >= 0.3 is 0 Å². The molecule has 0 radical (unpaired) electrons. The molecule has 2 aromatic heterocycles. The Morgan fingerprint density at radius 2 is 1.84 bits per heavy atom. The van der Waals surface area contributed by atoms with Crippen LogP contribution in [0.3, 0.4) is 0 Å². The van der Waals surface area contributed by atoms with Gasteiger partial charge in [-0.05, 0) is 36.6 Å². The van der Waals surface area contributed by atoms with Crippen molar-refractivity contribution in [2.75, 3.05) is 0 Å². The van der Waals surface area contributed by atoms with E-state index in [1.54, 1.807) is 6.26 Å². The van der Waals surface area contributed by atoms with E-state index in [9.17, 15) is 0 Å². The molecule has 0 aliphatic heterocycles. The van der Waals surface area contributed by atoms with Gasteiger partial charge < -0.3 is 8.98 Å². The van der Waals surface area contributed by atoms with Crippen molar-refractivity contribution in [3.05, 3.63) is 67.1 Å². The second-order valence-corrected chi connectivity index (χ2v) is 6.87. The quantitative estimate of drug-likeness (QED) is 0.449. The van der Waals surface area contributed by atoms with Crippen LogP contribution >= 0.6 is 0 Å². The molecule has 0 unspecified atom stereocenters. The highest BCUT2D eigenvalue weighted by molar-refractivity contribution is 5.84. The van der Waals surface area contributed by atoms with Gasteiger partial charge in [0.05, 0.1) is 0 Å². The molecule has 0 N–H and O–H groups in total. The molecule has 3 heteroatoms. The van der Waals surface area contributed by atoms with Crippen molar-refractivity contribution in [1.82, 2.24) is 9.55 Å². The molecule has 0 bridgehead atoms. The number of rotatable bonds is 5. The lowest BCUT2D eigenvalue weighted by Crippen LogP contribution is -1.99. The fourth-order valence-electron chi connectivity index (χ4n) is 3.07. The highest BCUT2D eigenvalue weighted by atomic mass is 16.3. The molecule has 0 saturated carbocycles. The van der Waals surface area contributed by atoms with E-state index in [-0.39, 0.29) is 0 Å². The molecule has 0 saturated heterocycles. The standard InChI is InChI=1S/C22H22N2O/c1-16(2)10-12-24-13-11-18-14-19(8-9-21(18)24)22-23-20(15-25-22)17-6-4-3-5-7-17/h3-9,11,13-16H,10,12H2,1-2H3. The zero-order chi connectivity index (χ0) is 17.2. The van der Waals surface area contributed by atoms with Crippen LogP contribution < -0.4 is 0 Å². The monoisotopic (exact) mass is 330 g/mol. The zero-order valence-electron chi connectivity index (χ0n) is 14.6. The van der Waals surface area contributed by atoms with E-state index in [4.69, 9.17) is 4.42 Å². The summed E-state index contributed by atoms with van der Waals surface area (Å²) in [6.45, 7) is 5.57. The minimum Gasteiger partial charge on any atom is -0.444 e. The molecule has 2 heterocycles. The summed E-state index contributed by atoms with van der Waals surface area (Å²) >= 11 is 0. The van der Waals surface area contributed by atoms with Gasteiger partial charge in [0, 0.05) is 34.8 Å². The molecular formula is C22H22N2O. The molecule has 0 aliphatic carbocycles. The Labute approximate surface area is 147 Å². The van der Waals surface area contributed by atoms with Gasteiger partial charge in [-0.15, -0.1) is 0 Å². The summed E-state index contributed by atoms with van der Waals surface area (Å²) in [6, 6.07) is 18.7. The maximum atomic E-state index is 5.72. The smallest absolute Gasteiger partial charge is 0.226 e. The van der Waals surface area contributed by atoms with E-state index in [0.29, 0.717) is 11.8 Å². The van der Waals surface area contributed by atoms with Crippen LogP contribution in [0.2, 0.25) is 0 Å². The van der Waals surface area contributed by atoms with Crippen molar-refractivity contribution in [2.45, 2.75) is 26.8 Å². The van der Waals surface area contributed by atoms with Crippen LogP contribution in [0.15, 0.2) is 71.5 Å². The summed E-state index contributed by atoms with van der Waals surface area (Å²) < 4.78 is 8.05. The molecule has 2 aromatic carbocycles. The van der Waals surface area contributed by atoms with E-state index in [1.807, 2.05) is 30.3 Å². The van der Waals surface area contributed by atoms with Crippen molar-refractivity contribution in [1.29, 1.82) is 0 Å². The van der Waals surface area contributed by atoms with Crippen LogP contribution in [0, 0.1) is 5.92 Å². The van der Waals surface area contributed by atoms with Crippen molar-refractivity contribution >= 4 is 10.9 Å². The number of benzene rings is 2. The summed E-state index contributed by atoms with van der Waals surface area (Å²) in [5, 5.41) is 1.22. The maximum absolute atomic E-state index is 5.72. The molecule has 126 valence electrons. The summed E-state index contributed by atoms with van der Waals surface area (Å²) in [7, 11) is 0. The number of nitrogens with zero attached hydrogens (tertiary/aromatic N) is 2. The van der Waals surface area contributed by atoms with Gasteiger partial charge in [-0.25, -0.2) is 4.98 Å². The Morgan fingerprint density at radius 3 is 2.64 bits per heavy atom. The summed E-state index contributed by atoms with van der Waals surface area (Å²) in [6.07, 6.45) is 5.08. The number of hydrogen-bond acceptors (Lipinski definition) is 2. The first-order chi connectivity index (χ1) is 12.2. The van der Waals surface area contributed by atoms with Crippen molar-refractivity contribution < 1.29 is 4.42 Å². The Bertz CT molecular complexity index is 980. The zero-order valence-corrected chi connectivity index (χ0v) is 14.6. The normalized spacial score (nSPS) is 11.5. The SMILES string of the molecule is CC(C)CCn1ccc2cc(-c3nc(-c4ccccc4)co3)ccc21. The van der Waals surface area contributed by atoms with Crippen LogP contribution in [0.1, 0.15) is 20.3 Å². The molecule has 4 rings (SSSR count). The Morgan fingerprint density at radius 1 is 1.00 bits per heavy atom. The average Bonchev–Trinajstić information content (AvgIpc) is 3.27. The van der Waals surface area contributed by atoms with Crippen LogP contribution in [-0.4, -0.2) is 9.55 Å². The minimum absolute atomic E-state index is 0.663. The molecule has 0 atom stereocenters. The predicted octanol–water partition coefficient (Wildman–Crippen LogP) is 6.01. The second kappa shape index (κ2) is 6.60. The number of aryl methyl sites for hydroxylation is 1. The Kier molecular flexibility index (Phi) is 4.14. The largest absolute Gasteiger partial charge is 0.444 e. The van der Waals surface area contributed by atoms with Gasteiger partial charge in [0.15, 0.2) is 0 Å². The first-order valence-corrected chi connectivity index (χ1v) is 8.81. The van der Waals surface area contributed by atoms with E-state index in [2.05, 4.69) is 53.9 Å². The first-order valence-electron chi connectivity index (χ1n) is 8.81. The number of aromatic nitrogens is 2. The van der Waals surface area contributed by atoms with Gasteiger partial charge in [0.25, 0.3) is 0 Å². The van der Waals surface area contributed by atoms with Gasteiger partial charge in [0.2, 0.25) is 5.89 Å². The Balaban J connectivity index is 1.63. The lowest BCUT2D eigenvalue weighted by atomic mass is 10.1. The number of hydrogen-bond donors (Lipinski definition) is 0. The second-order valence-electron chi connectivity index (χ2n) is 6.87.